The maximum Gasteiger partial charge on any atom is 0.270 e. The van der Waals surface area contributed by atoms with Crippen LogP contribution in [0.4, 0.5) is 5.69 Å². The smallest absolute Gasteiger partial charge is 0.270 e. The number of non-ortho nitro benzene ring substituents is 1. The molecule has 3 aromatic carbocycles. The molecule has 4 aromatic rings. The Labute approximate surface area is 220 Å². The first-order chi connectivity index (χ1) is 18.3. The second-order valence-corrected chi connectivity index (χ2v) is 9.12. The number of methoxy groups -OCH3 is 1. The summed E-state index contributed by atoms with van der Waals surface area (Å²) < 4.78 is 6.87. The highest BCUT2D eigenvalue weighted by atomic mass is 16.6. The number of hydrogen-bond donors (Lipinski definition) is 0. The Morgan fingerprint density at radius 1 is 1.08 bits per heavy atom. The maximum absolute atomic E-state index is 13.9. The van der Waals surface area contributed by atoms with E-state index in [2.05, 4.69) is 0 Å². The van der Waals surface area contributed by atoms with Crippen LogP contribution in [0.2, 0.25) is 0 Å². The summed E-state index contributed by atoms with van der Waals surface area (Å²) in [6, 6.07) is 17.9. The number of nitro groups is 1. The maximum atomic E-state index is 13.9. The lowest BCUT2D eigenvalue weighted by molar-refractivity contribution is -0.384. The second kappa shape index (κ2) is 11.4. The van der Waals surface area contributed by atoms with Crippen molar-refractivity contribution in [2.75, 3.05) is 20.3 Å². The number of carbonyl (C=O) groups excluding carboxylic acids is 1. The zero-order valence-corrected chi connectivity index (χ0v) is 21.9. The second-order valence-electron chi connectivity index (χ2n) is 9.12. The van der Waals surface area contributed by atoms with Crippen LogP contribution in [-0.2, 0) is 4.74 Å². The van der Waals surface area contributed by atoms with E-state index in [-0.39, 0.29) is 30.0 Å². The number of ether oxygens (including phenoxy) is 1. The zero-order chi connectivity index (χ0) is 27.4. The first-order valence-electron chi connectivity index (χ1n) is 12.4. The van der Waals surface area contributed by atoms with Crippen molar-refractivity contribution in [3.05, 3.63) is 110 Å². The van der Waals surface area contributed by atoms with Crippen LogP contribution in [0.25, 0.3) is 16.6 Å². The number of rotatable bonds is 9. The normalized spacial score (nSPS) is 11.9. The minimum atomic E-state index is -0.615. The summed E-state index contributed by atoms with van der Waals surface area (Å²) in [5.74, 6) is 0.000909. The van der Waals surface area contributed by atoms with Crippen molar-refractivity contribution in [1.29, 1.82) is 0 Å². The largest absolute Gasteiger partial charge is 0.383 e. The predicted molar refractivity (Wildman–Crippen MR) is 146 cm³/mol. The molecular formula is C29H30N4O5. The van der Waals surface area contributed by atoms with Gasteiger partial charge in [-0.25, -0.2) is 4.98 Å². The van der Waals surface area contributed by atoms with Gasteiger partial charge < -0.3 is 9.64 Å². The average Bonchev–Trinajstić information content (AvgIpc) is 2.92. The van der Waals surface area contributed by atoms with E-state index < -0.39 is 16.9 Å². The molecule has 9 heteroatoms. The molecule has 0 N–H and O–H groups in total. The van der Waals surface area contributed by atoms with E-state index >= 15 is 0 Å². The summed E-state index contributed by atoms with van der Waals surface area (Å²) in [6.07, 6.45) is 0.444. The molecular weight excluding hydrogens is 484 g/mol. The first-order valence-corrected chi connectivity index (χ1v) is 12.4. The molecule has 1 aromatic heterocycles. The lowest BCUT2D eigenvalue weighted by atomic mass is 10.1. The van der Waals surface area contributed by atoms with Crippen LogP contribution in [-0.4, -0.2) is 45.5 Å². The lowest BCUT2D eigenvalue weighted by Crippen LogP contribution is -2.40. The fourth-order valence-electron chi connectivity index (χ4n) is 4.54. The van der Waals surface area contributed by atoms with Crippen molar-refractivity contribution in [3.63, 3.8) is 0 Å². The molecule has 0 saturated carbocycles. The number of nitro benzene ring substituents is 1. The Hall–Kier alpha value is -4.37. The number of aromatic nitrogens is 2. The van der Waals surface area contributed by atoms with Gasteiger partial charge in [0.05, 0.1) is 34.2 Å². The van der Waals surface area contributed by atoms with Gasteiger partial charge in [0.25, 0.3) is 17.2 Å². The van der Waals surface area contributed by atoms with E-state index in [1.54, 1.807) is 33.7 Å². The van der Waals surface area contributed by atoms with Gasteiger partial charge in [0.15, 0.2) is 0 Å². The van der Waals surface area contributed by atoms with Gasteiger partial charge in [0.1, 0.15) is 5.82 Å². The van der Waals surface area contributed by atoms with Gasteiger partial charge >= 0.3 is 0 Å². The molecule has 1 heterocycles. The summed E-state index contributed by atoms with van der Waals surface area (Å²) in [7, 11) is 1.54. The SMILES string of the molecule is CCC(c1nc2ccccc2c(=O)n1-c1ccc(C)c(C)c1)N(CCOC)C(=O)c1cccc([N+](=O)[O-])c1. The molecule has 0 radical (unpaired) electrons. The summed E-state index contributed by atoms with van der Waals surface area (Å²) >= 11 is 0. The predicted octanol–water partition coefficient (Wildman–Crippen LogP) is 5.15. The number of benzene rings is 3. The van der Waals surface area contributed by atoms with Gasteiger partial charge in [-0.3, -0.25) is 24.3 Å². The number of aryl methyl sites for hydroxylation is 2. The molecule has 38 heavy (non-hydrogen) atoms. The summed E-state index contributed by atoms with van der Waals surface area (Å²) in [4.78, 5) is 45.0. The van der Waals surface area contributed by atoms with E-state index in [4.69, 9.17) is 9.72 Å². The number of fused-ring (bicyclic) bond motifs is 1. The van der Waals surface area contributed by atoms with Gasteiger partial charge in [-0.1, -0.05) is 31.2 Å². The third-order valence-corrected chi connectivity index (χ3v) is 6.71. The average molecular weight is 515 g/mol. The Morgan fingerprint density at radius 3 is 2.53 bits per heavy atom. The molecule has 1 atom stereocenters. The van der Waals surface area contributed by atoms with Gasteiger partial charge in [0, 0.05) is 31.4 Å². The minimum absolute atomic E-state index is 0.175. The van der Waals surface area contributed by atoms with Crippen LogP contribution < -0.4 is 5.56 Å². The number of amides is 1. The number of carbonyl (C=O) groups is 1. The summed E-state index contributed by atoms with van der Waals surface area (Å²) in [6.45, 7) is 6.33. The topological polar surface area (TPSA) is 108 Å². The standard InChI is InChI=1S/C29H30N4O5/c1-5-26(31(15-16-38-4)28(34)21-9-8-10-23(18-21)33(36)37)27-30-25-12-7-6-11-24(25)29(35)32(27)22-14-13-19(2)20(3)17-22/h6-14,17-18,26H,5,15-16H2,1-4H3. The minimum Gasteiger partial charge on any atom is -0.383 e. The fraction of sp³-hybridized carbons (Fsp3) is 0.276. The van der Waals surface area contributed by atoms with Crippen molar-refractivity contribution in [2.24, 2.45) is 0 Å². The molecule has 0 saturated heterocycles. The van der Waals surface area contributed by atoms with Gasteiger partial charge in [-0.2, -0.15) is 0 Å². The molecule has 0 bridgehead atoms. The fourth-order valence-corrected chi connectivity index (χ4v) is 4.54. The van der Waals surface area contributed by atoms with Crippen LogP contribution in [0.15, 0.2) is 71.5 Å². The van der Waals surface area contributed by atoms with Crippen molar-refractivity contribution >= 4 is 22.5 Å². The Bertz CT molecular complexity index is 1560. The summed E-state index contributed by atoms with van der Waals surface area (Å²) in [5.41, 5.74) is 3.06. The van der Waals surface area contributed by atoms with E-state index in [1.807, 2.05) is 45.0 Å². The third kappa shape index (κ3) is 5.19. The molecule has 0 spiro atoms. The molecule has 4 rings (SSSR count). The third-order valence-electron chi connectivity index (χ3n) is 6.71. The molecule has 1 unspecified atom stereocenters. The van der Waals surface area contributed by atoms with Crippen LogP contribution in [0.1, 0.15) is 46.7 Å². The van der Waals surface area contributed by atoms with Crippen LogP contribution in [0.3, 0.4) is 0 Å². The van der Waals surface area contributed by atoms with Crippen molar-refractivity contribution in [1.82, 2.24) is 14.5 Å². The van der Waals surface area contributed by atoms with Crippen LogP contribution in [0, 0.1) is 24.0 Å². The Balaban J connectivity index is 1.95. The van der Waals surface area contributed by atoms with Crippen molar-refractivity contribution in [3.8, 4) is 5.69 Å². The van der Waals surface area contributed by atoms with Crippen LogP contribution >= 0.6 is 0 Å². The van der Waals surface area contributed by atoms with Gasteiger partial charge in [0.2, 0.25) is 0 Å². The van der Waals surface area contributed by atoms with E-state index in [0.717, 1.165) is 11.1 Å². The molecule has 1 amide bonds. The molecule has 0 aliphatic rings. The zero-order valence-electron chi connectivity index (χ0n) is 21.9. The summed E-state index contributed by atoms with van der Waals surface area (Å²) in [5, 5.41) is 11.8. The molecule has 196 valence electrons. The number of para-hydroxylation sites is 1. The van der Waals surface area contributed by atoms with Gasteiger partial charge in [-0.15, -0.1) is 0 Å². The lowest BCUT2D eigenvalue weighted by Gasteiger charge is -2.32. The number of hydrogen-bond acceptors (Lipinski definition) is 6. The van der Waals surface area contributed by atoms with E-state index in [0.29, 0.717) is 28.8 Å². The molecule has 9 nitrogen and oxygen atoms in total. The van der Waals surface area contributed by atoms with Crippen molar-refractivity contribution in [2.45, 2.75) is 33.2 Å². The molecule has 0 aliphatic heterocycles. The number of nitrogens with zero attached hydrogens (tertiary/aromatic N) is 4. The van der Waals surface area contributed by atoms with Gasteiger partial charge in [-0.05, 0) is 61.7 Å². The first kappa shape index (κ1) is 26.7. The Morgan fingerprint density at radius 2 is 1.84 bits per heavy atom. The van der Waals surface area contributed by atoms with E-state index in [1.165, 1.54) is 25.3 Å². The molecule has 0 aliphatic carbocycles. The van der Waals surface area contributed by atoms with Crippen LogP contribution in [0.5, 0.6) is 0 Å². The van der Waals surface area contributed by atoms with Crippen molar-refractivity contribution < 1.29 is 14.5 Å². The van der Waals surface area contributed by atoms with E-state index in [9.17, 15) is 19.7 Å². The monoisotopic (exact) mass is 514 g/mol. The highest BCUT2D eigenvalue weighted by molar-refractivity contribution is 5.95. The molecule has 0 fully saturated rings. The highest BCUT2D eigenvalue weighted by Gasteiger charge is 2.30. The quantitative estimate of drug-likeness (QED) is 0.226. The highest BCUT2D eigenvalue weighted by Crippen LogP contribution is 2.28. The Kier molecular flexibility index (Phi) is 7.97.